The number of aromatic amines is 1. The Hall–Kier alpha value is -2.04. The number of imidazole rings is 1. The molecule has 3 N–H and O–H groups in total. The maximum absolute atomic E-state index is 10.8. The minimum absolute atomic E-state index is 0.0453. The molecule has 16 heavy (non-hydrogen) atoms. The van der Waals surface area contributed by atoms with Gasteiger partial charge in [-0.3, -0.25) is 0 Å². The molecule has 1 aromatic carbocycles. The SMILES string of the molecule is CC(C)c1nc2c(O)cc(C(=O)O)cc2[nH]1. The van der Waals surface area contributed by atoms with Gasteiger partial charge >= 0.3 is 5.97 Å². The highest BCUT2D eigenvalue weighted by Crippen LogP contribution is 2.26. The smallest absolute Gasteiger partial charge is 0.335 e. The maximum Gasteiger partial charge on any atom is 0.335 e. The minimum atomic E-state index is -1.07. The van der Waals surface area contributed by atoms with Crippen molar-refractivity contribution < 1.29 is 15.0 Å². The van der Waals surface area contributed by atoms with Crippen molar-refractivity contribution >= 4 is 17.0 Å². The molecule has 0 spiro atoms. The summed E-state index contributed by atoms with van der Waals surface area (Å²) in [5.41, 5.74) is 0.999. The molecule has 84 valence electrons. The normalized spacial score (nSPS) is 11.2. The number of carboxylic acids is 1. The van der Waals surface area contributed by atoms with Crippen molar-refractivity contribution in [1.82, 2.24) is 9.97 Å². The van der Waals surface area contributed by atoms with Gasteiger partial charge in [0, 0.05) is 5.92 Å². The maximum atomic E-state index is 10.8. The lowest BCUT2D eigenvalue weighted by molar-refractivity contribution is 0.0696. The van der Waals surface area contributed by atoms with Crippen molar-refractivity contribution in [2.45, 2.75) is 19.8 Å². The lowest BCUT2D eigenvalue weighted by atomic mass is 10.2. The van der Waals surface area contributed by atoms with Crippen LogP contribution < -0.4 is 0 Å². The lowest BCUT2D eigenvalue weighted by Gasteiger charge is -1.96. The number of aromatic carboxylic acids is 1. The Balaban J connectivity index is 2.68. The predicted molar refractivity (Wildman–Crippen MR) is 58.8 cm³/mol. The van der Waals surface area contributed by atoms with Crippen LogP contribution in [0.25, 0.3) is 11.0 Å². The van der Waals surface area contributed by atoms with E-state index >= 15 is 0 Å². The highest BCUT2D eigenvalue weighted by molar-refractivity contribution is 5.94. The number of carbonyl (C=O) groups is 1. The van der Waals surface area contributed by atoms with Crippen LogP contribution in [0.1, 0.15) is 35.9 Å². The second-order valence-electron chi connectivity index (χ2n) is 3.97. The Labute approximate surface area is 91.8 Å². The van der Waals surface area contributed by atoms with Crippen molar-refractivity contribution in [3.05, 3.63) is 23.5 Å². The summed E-state index contributed by atoms with van der Waals surface area (Å²) in [5, 5.41) is 18.5. The van der Waals surface area contributed by atoms with Gasteiger partial charge in [-0.15, -0.1) is 0 Å². The van der Waals surface area contributed by atoms with Crippen LogP contribution in [0.15, 0.2) is 12.1 Å². The molecule has 0 unspecified atom stereocenters. The first-order valence-corrected chi connectivity index (χ1v) is 4.95. The van der Waals surface area contributed by atoms with E-state index in [-0.39, 0.29) is 17.2 Å². The molecule has 1 heterocycles. The Bertz CT molecular complexity index is 558. The molecule has 0 aliphatic heterocycles. The van der Waals surface area contributed by atoms with Gasteiger partial charge in [-0.25, -0.2) is 9.78 Å². The number of fused-ring (bicyclic) bond motifs is 1. The van der Waals surface area contributed by atoms with Gasteiger partial charge in [0.15, 0.2) is 0 Å². The molecule has 0 fully saturated rings. The van der Waals surface area contributed by atoms with Gasteiger partial charge < -0.3 is 15.2 Å². The number of carboxylic acid groups (broad SMARTS) is 1. The van der Waals surface area contributed by atoms with Crippen LogP contribution >= 0.6 is 0 Å². The number of phenolic OH excluding ortho intramolecular Hbond substituents is 1. The molecule has 5 nitrogen and oxygen atoms in total. The Morgan fingerprint density at radius 2 is 2.12 bits per heavy atom. The first-order valence-electron chi connectivity index (χ1n) is 4.95. The van der Waals surface area contributed by atoms with Gasteiger partial charge in [-0.1, -0.05) is 13.8 Å². The average molecular weight is 220 g/mol. The number of aromatic nitrogens is 2. The summed E-state index contributed by atoms with van der Waals surface area (Å²) in [6, 6.07) is 2.67. The zero-order valence-corrected chi connectivity index (χ0v) is 8.98. The fraction of sp³-hybridized carbons (Fsp3) is 0.273. The minimum Gasteiger partial charge on any atom is -0.506 e. The number of rotatable bonds is 2. The van der Waals surface area contributed by atoms with Gasteiger partial charge in [0.2, 0.25) is 0 Å². The molecule has 0 atom stereocenters. The quantitative estimate of drug-likeness (QED) is 0.723. The second-order valence-corrected chi connectivity index (χ2v) is 3.97. The first-order chi connectivity index (χ1) is 7.49. The number of nitrogens with zero attached hydrogens (tertiary/aromatic N) is 1. The van der Waals surface area contributed by atoms with Gasteiger partial charge in [-0.05, 0) is 12.1 Å². The molecular formula is C11H12N2O3. The molecule has 1 aromatic heterocycles. The Morgan fingerprint density at radius 3 is 2.69 bits per heavy atom. The Kier molecular flexibility index (Phi) is 2.30. The van der Waals surface area contributed by atoms with Gasteiger partial charge in [0.1, 0.15) is 17.1 Å². The van der Waals surface area contributed by atoms with Crippen LogP contribution in [-0.2, 0) is 0 Å². The van der Waals surface area contributed by atoms with Crippen molar-refractivity contribution in [1.29, 1.82) is 0 Å². The molecule has 0 aliphatic rings. The van der Waals surface area contributed by atoms with Crippen LogP contribution in [-0.4, -0.2) is 26.2 Å². The van der Waals surface area contributed by atoms with Crippen LogP contribution in [0.2, 0.25) is 0 Å². The lowest BCUT2D eigenvalue weighted by Crippen LogP contribution is -1.95. The van der Waals surface area contributed by atoms with E-state index in [1.807, 2.05) is 13.8 Å². The van der Waals surface area contributed by atoms with Crippen molar-refractivity contribution in [3.63, 3.8) is 0 Å². The molecule has 0 radical (unpaired) electrons. The molecule has 0 aliphatic carbocycles. The zero-order valence-electron chi connectivity index (χ0n) is 8.98. The van der Waals surface area contributed by atoms with Crippen molar-refractivity contribution in [3.8, 4) is 5.75 Å². The molecule has 0 saturated carbocycles. The van der Waals surface area contributed by atoms with E-state index < -0.39 is 5.97 Å². The van der Waals surface area contributed by atoms with Crippen molar-refractivity contribution in [2.75, 3.05) is 0 Å². The van der Waals surface area contributed by atoms with Crippen LogP contribution in [0.3, 0.4) is 0 Å². The number of benzene rings is 1. The van der Waals surface area contributed by atoms with E-state index in [1.165, 1.54) is 12.1 Å². The monoisotopic (exact) mass is 220 g/mol. The van der Waals surface area contributed by atoms with Gasteiger partial charge in [0.25, 0.3) is 0 Å². The molecule has 0 saturated heterocycles. The summed E-state index contributed by atoms with van der Waals surface area (Å²) in [4.78, 5) is 18.0. The van der Waals surface area contributed by atoms with E-state index in [9.17, 15) is 9.90 Å². The summed E-state index contributed by atoms with van der Waals surface area (Å²) in [6.07, 6.45) is 0. The second kappa shape index (κ2) is 3.52. The standard InChI is InChI=1S/C11H12N2O3/c1-5(2)10-12-7-3-6(11(15)16)4-8(14)9(7)13-10/h3-5,14H,1-2H3,(H,12,13)(H,15,16). The fourth-order valence-corrected chi connectivity index (χ4v) is 1.52. The van der Waals surface area contributed by atoms with Crippen molar-refractivity contribution in [2.24, 2.45) is 0 Å². The third-order valence-electron chi connectivity index (χ3n) is 2.38. The third-order valence-corrected chi connectivity index (χ3v) is 2.38. The predicted octanol–water partition coefficient (Wildman–Crippen LogP) is 2.09. The summed E-state index contributed by atoms with van der Waals surface area (Å²) in [6.45, 7) is 3.93. The molecule has 2 rings (SSSR count). The number of H-pyrrole nitrogens is 1. The molecular weight excluding hydrogens is 208 g/mol. The number of nitrogens with one attached hydrogen (secondary N) is 1. The highest BCUT2D eigenvalue weighted by atomic mass is 16.4. The third kappa shape index (κ3) is 1.60. The number of phenols is 1. The van der Waals surface area contributed by atoms with E-state index in [2.05, 4.69) is 9.97 Å². The Morgan fingerprint density at radius 1 is 1.44 bits per heavy atom. The van der Waals surface area contributed by atoms with E-state index in [1.54, 1.807) is 0 Å². The number of hydrogen-bond acceptors (Lipinski definition) is 3. The van der Waals surface area contributed by atoms with Gasteiger partial charge in [0.05, 0.1) is 11.1 Å². The average Bonchev–Trinajstić information content (AvgIpc) is 2.61. The summed E-state index contributed by atoms with van der Waals surface area (Å²) < 4.78 is 0. The summed E-state index contributed by atoms with van der Waals surface area (Å²) >= 11 is 0. The van der Waals surface area contributed by atoms with E-state index in [0.29, 0.717) is 11.0 Å². The fourth-order valence-electron chi connectivity index (χ4n) is 1.52. The molecule has 0 bridgehead atoms. The zero-order chi connectivity index (χ0) is 11.9. The molecule has 2 aromatic rings. The van der Waals surface area contributed by atoms with Crippen LogP contribution in [0.4, 0.5) is 0 Å². The first kappa shape index (κ1) is 10.5. The number of aromatic hydroxyl groups is 1. The van der Waals surface area contributed by atoms with Crippen LogP contribution in [0.5, 0.6) is 5.75 Å². The van der Waals surface area contributed by atoms with Gasteiger partial charge in [-0.2, -0.15) is 0 Å². The largest absolute Gasteiger partial charge is 0.506 e. The van der Waals surface area contributed by atoms with Crippen LogP contribution in [0, 0.1) is 0 Å². The number of hydrogen-bond donors (Lipinski definition) is 3. The molecule has 0 amide bonds. The highest BCUT2D eigenvalue weighted by Gasteiger charge is 2.13. The van der Waals surface area contributed by atoms with E-state index in [0.717, 1.165) is 5.82 Å². The molecule has 5 heteroatoms. The summed E-state index contributed by atoms with van der Waals surface area (Å²) in [5.74, 6) is -0.260. The topological polar surface area (TPSA) is 86.2 Å². The summed E-state index contributed by atoms with van der Waals surface area (Å²) in [7, 11) is 0. The van der Waals surface area contributed by atoms with E-state index in [4.69, 9.17) is 5.11 Å².